The molecule has 37 heavy (non-hydrogen) atoms. The van der Waals surface area contributed by atoms with E-state index in [1.54, 1.807) is 18.2 Å². The summed E-state index contributed by atoms with van der Waals surface area (Å²) in [6.45, 7) is -0.241. The van der Waals surface area contributed by atoms with Crippen LogP contribution in [0.4, 0.5) is 15.0 Å². The van der Waals surface area contributed by atoms with Gasteiger partial charge in [0.05, 0.1) is 38.3 Å². The largest absolute Gasteiger partial charge is 0.494 e. The van der Waals surface area contributed by atoms with Gasteiger partial charge in [0, 0.05) is 12.6 Å². The summed E-state index contributed by atoms with van der Waals surface area (Å²) in [7, 11) is 1.29. The summed E-state index contributed by atoms with van der Waals surface area (Å²) in [5.74, 6) is -2.28. The average molecular weight is 509 g/mol. The summed E-state index contributed by atoms with van der Waals surface area (Å²) in [4.78, 5) is 57.6. The maximum Gasteiger partial charge on any atom is 0.322 e. The van der Waals surface area contributed by atoms with Gasteiger partial charge in [-0.25, -0.2) is 14.2 Å². The number of hydrogen-bond donors (Lipinski definition) is 3. The number of carbonyl (C=O) groups excluding carboxylic acids is 4. The van der Waals surface area contributed by atoms with Crippen LogP contribution in [0.2, 0.25) is 0 Å². The topological polar surface area (TPSA) is 154 Å². The van der Waals surface area contributed by atoms with Crippen LogP contribution in [0, 0.1) is 5.82 Å². The number of amides is 5. The minimum absolute atomic E-state index is 0.00199. The van der Waals surface area contributed by atoms with Crippen molar-refractivity contribution in [1.82, 2.24) is 20.5 Å². The Hall–Kier alpha value is -4.52. The zero-order valence-corrected chi connectivity index (χ0v) is 19.4. The fraction of sp³-hybridized carbons (Fsp3) is 0.292. The van der Waals surface area contributed by atoms with E-state index in [4.69, 9.17) is 9.15 Å². The van der Waals surface area contributed by atoms with E-state index in [9.17, 15) is 28.7 Å². The van der Waals surface area contributed by atoms with E-state index in [1.807, 2.05) is 0 Å². The molecule has 3 aliphatic rings. The first kappa shape index (κ1) is 22.9. The number of β-amino-alcohol motifs (C(OH)–C–C–N with tert-alkyl or cyclic N) is 1. The van der Waals surface area contributed by atoms with Gasteiger partial charge in [0.15, 0.2) is 22.7 Å². The minimum Gasteiger partial charge on any atom is -0.494 e. The zero-order chi connectivity index (χ0) is 26.1. The Labute approximate surface area is 208 Å². The van der Waals surface area contributed by atoms with Crippen LogP contribution in [0.25, 0.3) is 11.1 Å². The van der Waals surface area contributed by atoms with Gasteiger partial charge < -0.3 is 24.5 Å². The number of aliphatic hydroxyl groups is 1. The van der Waals surface area contributed by atoms with E-state index in [-0.39, 0.29) is 54.6 Å². The first-order chi connectivity index (χ1) is 17.7. The molecule has 3 aromatic rings. The van der Waals surface area contributed by atoms with Crippen LogP contribution in [-0.4, -0.2) is 65.0 Å². The number of urea groups is 1. The Morgan fingerprint density at radius 2 is 2.05 bits per heavy atom. The molecule has 0 bridgehead atoms. The maximum atomic E-state index is 14.8. The Kier molecular flexibility index (Phi) is 4.95. The van der Waals surface area contributed by atoms with Gasteiger partial charge in [0.25, 0.3) is 11.8 Å². The number of carbonyl (C=O) groups is 4. The number of fused-ring (bicyclic) bond motifs is 2. The molecule has 0 radical (unpaired) electrons. The van der Waals surface area contributed by atoms with Gasteiger partial charge in [-0.15, -0.1) is 0 Å². The third-order valence-electron chi connectivity index (χ3n) is 6.81. The minimum atomic E-state index is -1.81. The van der Waals surface area contributed by atoms with Crippen molar-refractivity contribution in [3.8, 4) is 5.75 Å². The van der Waals surface area contributed by atoms with Crippen molar-refractivity contribution in [2.75, 3.05) is 25.1 Å². The quantitative estimate of drug-likeness (QED) is 0.426. The number of hydrogen-bond acceptors (Lipinski definition) is 8. The molecule has 0 saturated carbocycles. The van der Waals surface area contributed by atoms with Crippen LogP contribution in [-0.2, 0) is 21.7 Å². The van der Waals surface area contributed by atoms with Crippen molar-refractivity contribution in [1.29, 1.82) is 0 Å². The lowest BCUT2D eigenvalue weighted by Crippen LogP contribution is -2.52. The number of furan rings is 1. The lowest BCUT2D eigenvalue weighted by Gasteiger charge is -2.28. The molecule has 1 aromatic carbocycles. The second-order valence-electron chi connectivity index (χ2n) is 9.12. The van der Waals surface area contributed by atoms with Gasteiger partial charge in [-0.3, -0.25) is 24.6 Å². The number of halogens is 1. The molecule has 0 unspecified atom stereocenters. The predicted molar refractivity (Wildman–Crippen MR) is 123 cm³/mol. The Morgan fingerprint density at radius 1 is 1.24 bits per heavy atom. The lowest BCUT2D eigenvalue weighted by molar-refractivity contribution is -0.125. The smallest absolute Gasteiger partial charge is 0.322 e. The van der Waals surface area contributed by atoms with Crippen LogP contribution in [0.15, 0.2) is 34.7 Å². The van der Waals surface area contributed by atoms with Crippen molar-refractivity contribution in [3.63, 3.8) is 0 Å². The molecular weight excluding hydrogens is 489 g/mol. The number of rotatable bonds is 5. The Bertz CT molecular complexity index is 1520. The summed E-state index contributed by atoms with van der Waals surface area (Å²) >= 11 is 0. The summed E-state index contributed by atoms with van der Waals surface area (Å²) < 4.78 is 25.7. The fourth-order valence-electron chi connectivity index (χ4n) is 5.01. The number of anilines is 1. The Morgan fingerprint density at radius 3 is 2.73 bits per heavy atom. The van der Waals surface area contributed by atoms with Crippen molar-refractivity contribution in [3.05, 3.63) is 53.0 Å². The van der Waals surface area contributed by atoms with Gasteiger partial charge in [-0.1, -0.05) is 6.07 Å². The van der Waals surface area contributed by atoms with E-state index >= 15 is 0 Å². The summed E-state index contributed by atoms with van der Waals surface area (Å²) in [5, 5.41) is 14.5. The highest BCUT2D eigenvalue weighted by Gasteiger charge is 2.53. The highest BCUT2D eigenvalue weighted by atomic mass is 19.1. The van der Waals surface area contributed by atoms with Crippen LogP contribution >= 0.6 is 0 Å². The summed E-state index contributed by atoms with van der Waals surface area (Å²) in [6.07, 6.45) is -0.804. The molecule has 2 aromatic heterocycles. The van der Waals surface area contributed by atoms with Gasteiger partial charge in [-0.2, -0.15) is 0 Å². The van der Waals surface area contributed by atoms with Gasteiger partial charge >= 0.3 is 6.03 Å². The molecule has 3 N–H and O–H groups in total. The monoisotopic (exact) mass is 509 g/mol. The molecular formula is C24H20FN5O7. The first-order valence-corrected chi connectivity index (χ1v) is 11.4. The number of benzene rings is 1. The molecule has 6 rings (SSSR count). The second kappa shape index (κ2) is 8.00. The number of nitrogens with zero attached hydrogens (tertiary/aromatic N) is 3. The van der Waals surface area contributed by atoms with Crippen LogP contribution in [0.1, 0.15) is 28.1 Å². The molecule has 5 amide bonds. The standard InChI is InChI=1S/C24H20FN5O7/c1-36-15-3-2-11-8-29(21(33)19(11)20(15)25)10-24(22(34)27-23(35)28-24)16-7-13-14(37-16)4-5-17(26-13)30-9-12(31)6-18(30)32/h2-5,7,12,31H,6,8-10H2,1H3,(H2,27,28,34,35)/t12-,24+/m1/s1. The molecule has 3 aliphatic heterocycles. The van der Waals surface area contributed by atoms with Crippen LogP contribution in [0.3, 0.4) is 0 Å². The maximum absolute atomic E-state index is 14.8. The molecule has 2 saturated heterocycles. The van der Waals surface area contributed by atoms with Crippen LogP contribution in [0.5, 0.6) is 5.75 Å². The number of methoxy groups -OCH3 is 1. The van der Waals surface area contributed by atoms with Gasteiger partial charge in [-0.05, 0) is 23.8 Å². The van der Waals surface area contributed by atoms with Crippen molar-refractivity contribution in [2.45, 2.75) is 24.6 Å². The summed E-state index contributed by atoms with van der Waals surface area (Å²) in [6, 6.07) is 6.74. The molecule has 2 fully saturated rings. The molecule has 190 valence electrons. The number of aliphatic hydroxyl groups excluding tert-OH is 1. The van der Waals surface area contributed by atoms with Gasteiger partial charge in [0.1, 0.15) is 17.1 Å². The second-order valence-corrected chi connectivity index (χ2v) is 9.12. The zero-order valence-electron chi connectivity index (χ0n) is 19.4. The third kappa shape index (κ3) is 3.42. The third-order valence-corrected chi connectivity index (χ3v) is 6.81. The van der Waals surface area contributed by atoms with Crippen molar-refractivity contribution >= 4 is 40.7 Å². The number of aromatic nitrogens is 1. The number of ether oxygens (including phenoxy) is 1. The number of nitrogens with one attached hydrogen (secondary N) is 2. The lowest BCUT2D eigenvalue weighted by atomic mass is 9.95. The summed E-state index contributed by atoms with van der Waals surface area (Å²) in [5.41, 5.74) is -0.993. The van der Waals surface area contributed by atoms with E-state index < -0.39 is 35.3 Å². The number of imide groups is 1. The molecule has 0 aliphatic carbocycles. The molecule has 0 spiro atoms. The van der Waals surface area contributed by atoms with E-state index in [2.05, 4.69) is 15.6 Å². The highest BCUT2D eigenvalue weighted by molar-refractivity contribution is 6.08. The van der Waals surface area contributed by atoms with Crippen LogP contribution < -0.4 is 20.3 Å². The molecule has 5 heterocycles. The molecule has 12 nitrogen and oxygen atoms in total. The SMILES string of the molecule is COc1ccc2c(c1F)C(=O)N(C[C@@]1(c3cc4nc(N5C[C@H](O)CC5=O)ccc4o3)NC(=O)NC1=O)C2. The molecule has 2 atom stereocenters. The number of pyridine rings is 1. The van der Waals surface area contributed by atoms with Crippen molar-refractivity contribution in [2.24, 2.45) is 0 Å². The molecule has 13 heteroatoms. The van der Waals surface area contributed by atoms with E-state index in [0.29, 0.717) is 16.9 Å². The predicted octanol–water partition coefficient (Wildman–Crippen LogP) is 0.764. The van der Waals surface area contributed by atoms with Crippen molar-refractivity contribution < 1.29 is 37.8 Å². The average Bonchev–Trinajstić information content (AvgIpc) is 3.59. The van der Waals surface area contributed by atoms with E-state index in [1.165, 1.54) is 29.0 Å². The Balaban J connectivity index is 1.37. The normalized spacial score (nSPS) is 23.2. The highest BCUT2D eigenvalue weighted by Crippen LogP contribution is 2.36. The van der Waals surface area contributed by atoms with Gasteiger partial charge in [0.2, 0.25) is 5.91 Å². The first-order valence-electron chi connectivity index (χ1n) is 11.4. The fourth-order valence-corrected chi connectivity index (χ4v) is 5.01. The van der Waals surface area contributed by atoms with E-state index in [0.717, 1.165) is 0 Å².